The highest BCUT2D eigenvalue weighted by Crippen LogP contribution is 2.25. The molecule has 1 saturated heterocycles. The monoisotopic (exact) mass is 247 g/mol. The SMILES string of the molecule is O=C(O)c1ccc2c(c1)CN(CC1CCCO1)C2. The number of carboxylic acid groups (broad SMARTS) is 1. The summed E-state index contributed by atoms with van der Waals surface area (Å²) in [5.41, 5.74) is 2.78. The summed E-state index contributed by atoms with van der Waals surface area (Å²) in [4.78, 5) is 13.3. The number of carbonyl (C=O) groups is 1. The maximum Gasteiger partial charge on any atom is 0.335 e. The van der Waals surface area contributed by atoms with Gasteiger partial charge in [0.1, 0.15) is 0 Å². The lowest BCUT2D eigenvalue weighted by Gasteiger charge is -2.18. The minimum Gasteiger partial charge on any atom is -0.478 e. The second-order valence-electron chi connectivity index (χ2n) is 5.09. The van der Waals surface area contributed by atoms with E-state index in [0.717, 1.165) is 44.6 Å². The first-order valence-electron chi connectivity index (χ1n) is 6.41. The molecule has 1 fully saturated rings. The lowest BCUT2D eigenvalue weighted by molar-refractivity contribution is 0.0694. The van der Waals surface area contributed by atoms with Crippen LogP contribution in [-0.2, 0) is 17.8 Å². The largest absolute Gasteiger partial charge is 0.478 e. The van der Waals surface area contributed by atoms with Gasteiger partial charge in [-0.25, -0.2) is 4.79 Å². The predicted molar refractivity (Wildman–Crippen MR) is 66.5 cm³/mol. The second-order valence-corrected chi connectivity index (χ2v) is 5.09. The number of carboxylic acids is 1. The molecular formula is C14H17NO3. The Labute approximate surface area is 106 Å². The normalized spacial score (nSPS) is 23.2. The van der Waals surface area contributed by atoms with Crippen molar-refractivity contribution in [1.29, 1.82) is 0 Å². The summed E-state index contributed by atoms with van der Waals surface area (Å²) >= 11 is 0. The maximum atomic E-state index is 10.9. The summed E-state index contributed by atoms with van der Waals surface area (Å²) in [7, 11) is 0. The van der Waals surface area contributed by atoms with Crippen molar-refractivity contribution >= 4 is 5.97 Å². The van der Waals surface area contributed by atoms with E-state index in [4.69, 9.17) is 9.84 Å². The smallest absolute Gasteiger partial charge is 0.335 e. The van der Waals surface area contributed by atoms with Crippen molar-refractivity contribution in [3.8, 4) is 0 Å². The lowest BCUT2D eigenvalue weighted by Crippen LogP contribution is -2.27. The highest BCUT2D eigenvalue weighted by Gasteiger charge is 2.24. The summed E-state index contributed by atoms with van der Waals surface area (Å²) in [6.45, 7) is 3.59. The van der Waals surface area contributed by atoms with E-state index in [2.05, 4.69) is 4.90 Å². The molecule has 1 aromatic carbocycles. The first-order valence-corrected chi connectivity index (χ1v) is 6.41. The molecule has 18 heavy (non-hydrogen) atoms. The van der Waals surface area contributed by atoms with E-state index in [1.165, 1.54) is 5.56 Å². The predicted octanol–water partition coefficient (Wildman–Crippen LogP) is 1.88. The average Bonchev–Trinajstić information content (AvgIpc) is 2.96. The van der Waals surface area contributed by atoms with E-state index in [1.807, 2.05) is 6.07 Å². The lowest BCUT2D eigenvalue weighted by atomic mass is 10.1. The first kappa shape index (κ1) is 11.7. The molecule has 4 nitrogen and oxygen atoms in total. The molecule has 96 valence electrons. The summed E-state index contributed by atoms with van der Waals surface area (Å²) < 4.78 is 5.64. The molecule has 0 amide bonds. The number of ether oxygens (including phenoxy) is 1. The van der Waals surface area contributed by atoms with E-state index in [1.54, 1.807) is 12.1 Å². The second kappa shape index (κ2) is 4.71. The van der Waals surface area contributed by atoms with Gasteiger partial charge in [0.05, 0.1) is 11.7 Å². The van der Waals surface area contributed by atoms with Crippen LogP contribution >= 0.6 is 0 Å². The molecule has 1 N–H and O–H groups in total. The van der Waals surface area contributed by atoms with Crippen molar-refractivity contribution in [3.63, 3.8) is 0 Å². The van der Waals surface area contributed by atoms with Gasteiger partial charge in [0.25, 0.3) is 0 Å². The third-order valence-corrected chi connectivity index (χ3v) is 3.73. The molecule has 2 heterocycles. The van der Waals surface area contributed by atoms with Crippen LogP contribution in [0.25, 0.3) is 0 Å². The van der Waals surface area contributed by atoms with Crippen LogP contribution in [0.15, 0.2) is 18.2 Å². The Morgan fingerprint density at radius 3 is 2.94 bits per heavy atom. The zero-order chi connectivity index (χ0) is 12.5. The number of fused-ring (bicyclic) bond motifs is 1. The summed E-state index contributed by atoms with van der Waals surface area (Å²) in [6, 6.07) is 5.43. The van der Waals surface area contributed by atoms with Crippen LogP contribution in [0.4, 0.5) is 0 Å². The molecule has 1 aromatic rings. The van der Waals surface area contributed by atoms with Crippen LogP contribution in [0.1, 0.15) is 34.3 Å². The van der Waals surface area contributed by atoms with E-state index in [9.17, 15) is 4.79 Å². The van der Waals surface area contributed by atoms with E-state index in [0.29, 0.717) is 11.7 Å². The van der Waals surface area contributed by atoms with Gasteiger partial charge in [-0.3, -0.25) is 4.90 Å². The Balaban J connectivity index is 1.68. The molecule has 2 aliphatic heterocycles. The number of benzene rings is 1. The van der Waals surface area contributed by atoms with Crippen LogP contribution in [0.3, 0.4) is 0 Å². The molecule has 0 saturated carbocycles. The molecule has 1 unspecified atom stereocenters. The molecule has 1 atom stereocenters. The number of rotatable bonds is 3. The number of nitrogens with zero attached hydrogens (tertiary/aromatic N) is 1. The Hall–Kier alpha value is -1.39. The quantitative estimate of drug-likeness (QED) is 0.886. The Morgan fingerprint density at radius 2 is 2.22 bits per heavy atom. The van der Waals surface area contributed by atoms with Crippen molar-refractivity contribution < 1.29 is 14.6 Å². The van der Waals surface area contributed by atoms with Crippen LogP contribution in [-0.4, -0.2) is 35.2 Å². The zero-order valence-electron chi connectivity index (χ0n) is 10.3. The number of hydrogen-bond donors (Lipinski definition) is 1. The molecule has 0 aliphatic carbocycles. The fraction of sp³-hybridized carbons (Fsp3) is 0.500. The molecular weight excluding hydrogens is 230 g/mol. The molecule has 2 aliphatic rings. The van der Waals surface area contributed by atoms with Crippen LogP contribution in [0.5, 0.6) is 0 Å². The van der Waals surface area contributed by atoms with Crippen LogP contribution in [0.2, 0.25) is 0 Å². The van der Waals surface area contributed by atoms with Gasteiger partial charge in [0.15, 0.2) is 0 Å². The first-order chi connectivity index (χ1) is 8.72. The minimum absolute atomic E-state index is 0.359. The van der Waals surface area contributed by atoms with E-state index >= 15 is 0 Å². The van der Waals surface area contributed by atoms with E-state index < -0.39 is 5.97 Å². The molecule has 3 rings (SSSR count). The van der Waals surface area contributed by atoms with Crippen molar-refractivity contribution in [2.75, 3.05) is 13.2 Å². The highest BCUT2D eigenvalue weighted by atomic mass is 16.5. The highest BCUT2D eigenvalue weighted by molar-refractivity contribution is 5.87. The van der Waals surface area contributed by atoms with E-state index in [-0.39, 0.29) is 0 Å². The number of hydrogen-bond acceptors (Lipinski definition) is 3. The minimum atomic E-state index is -0.852. The Morgan fingerprint density at radius 1 is 1.39 bits per heavy atom. The van der Waals surface area contributed by atoms with Gasteiger partial charge >= 0.3 is 5.97 Å². The van der Waals surface area contributed by atoms with Gasteiger partial charge in [-0.15, -0.1) is 0 Å². The fourth-order valence-electron chi connectivity index (χ4n) is 2.80. The molecule has 4 heteroatoms. The van der Waals surface area contributed by atoms with Crippen molar-refractivity contribution in [2.45, 2.75) is 32.0 Å². The van der Waals surface area contributed by atoms with Gasteiger partial charge in [0.2, 0.25) is 0 Å². The van der Waals surface area contributed by atoms with Gasteiger partial charge in [-0.05, 0) is 36.1 Å². The van der Waals surface area contributed by atoms with Gasteiger partial charge in [-0.2, -0.15) is 0 Å². The maximum absolute atomic E-state index is 10.9. The molecule has 0 bridgehead atoms. The average molecular weight is 247 g/mol. The Bertz CT molecular complexity index is 466. The molecule has 0 aromatic heterocycles. The van der Waals surface area contributed by atoms with Crippen LogP contribution < -0.4 is 0 Å². The van der Waals surface area contributed by atoms with Crippen molar-refractivity contribution in [1.82, 2.24) is 4.90 Å². The summed E-state index contributed by atoms with van der Waals surface area (Å²) in [5, 5.41) is 8.98. The Kier molecular flexibility index (Phi) is 3.06. The molecule has 0 spiro atoms. The fourth-order valence-corrected chi connectivity index (χ4v) is 2.80. The van der Waals surface area contributed by atoms with Crippen molar-refractivity contribution in [2.24, 2.45) is 0 Å². The topological polar surface area (TPSA) is 49.8 Å². The third-order valence-electron chi connectivity index (χ3n) is 3.73. The number of aromatic carboxylic acids is 1. The zero-order valence-corrected chi connectivity index (χ0v) is 10.3. The van der Waals surface area contributed by atoms with Crippen molar-refractivity contribution in [3.05, 3.63) is 34.9 Å². The summed E-state index contributed by atoms with van der Waals surface area (Å²) in [6.07, 6.45) is 2.67. The third kappa shape index (κ3) is 2.26. The van der Waals surface area contributed by atoms with Gasteiger partial charge in [0, 0.05) is 26.2 Å². The summed E-state index contributed by atoms with van der Waals surface area (Å²) in [5.74, 6) is -0.852. The molecule has 0 radical (unpaired) electrons. The van der Waals surface area contributed by atoms with Crippen LogP contribution in [0, 0.1) is 0 Å². The van der Waals surface area contributed by atoms with Gasteiger partial charge < -0.3 is 9.84 Å². The standard InChI is InChI=1S/C14H17NO3/c16-14(17)10-3-4-11-7-15(8-12(11)6-10)9-13-2-1-5-18-13/h3-4,6,13H,1-2,5,7-9H2,(H,16,17). The van der Waals surface area contributed by atoms with Gasteiger partial charge in [-0.1, -0.05) is 6.07 Å².